The Morgan fingerprint density at radius 2 is 1.82 bits per heavy atom. The molecule has 0 spiro atoms. The van der Waals surface area contributed by atoms with Crippen molar-refractivity contribution >= 4 is 28.7 Å². The van der Waals surface area contributed by atoms with Gasteiger partial charge in [0.2, 0.25) is 5.91 Å². The van der Waals surface area contributed by atoms with Crippen LogP contribution in [-0.2, 0) is 17.8 Å². The van der Waals surface area contributed by atoms with Gasteiger partial charge in [-0.15, -0.1) is 0 Å². The molecule has 8 nitrogen and oxygen atoms in total. The van der Waals surface area contributed by atoms with Crippen molar-refractivity contribution < 1.29 is 18.4 Å². The van der Waals surface area contributed by atoms with Crippen LogP contribution in [0.2, 0.25) is 0 Å². The number of aromatic nitrogens is 3. The van der Waals surface area contributed by atoms with Gasteiger partial charge in [0, 0.05) is 19.2 Å². The molecule has 33 heavy (non-hydrogen) atoms. The van der Waals surface area contributed by atoms with Gasteiger partial charge in [0.1, 0.15) is 11.9 Å². The van der Waals surface area contributed by atoms with E-state index < -0.39 is 29.5 Å². The molecule has 1 atom stereocenters. The van der Waals surface area contributed by atoms with Gasteiger partial charge in [-0.1, -0.05) is 24.3 Å². The minimum Gasteiger partial charge on any atom is -0.384 e. The first kappa shape index (κ1) is 21.9. The summed E-state index contributed by atoms with van der Waals surface area (Å²) in [4.78, 5) is 36.8. The van der Waals surface area contributed by atoms with Crippen LogP contribution in [0.1, 0.15) is 21.7 Å². The van der Waals surface area contributed by atoms with Gasteiger partial charge in [-0.05, 0) is 41.5 Å². The van der Waals surface area contributed by atoms with Crippen molar-refractivity contribution in [3.63, 3.8) is 0 Å². The topological polar surface area (TPSA) is 126 Å². The molecule has 0 aliphatic carbocycles. The second-order valence-electron chi connectivity index (χ2n) is 7.39. The number of nitrogens with zero attached hydrogens (tertiary/aromatic N) is 2. The first-order valence-corrected chi connectivity index (χ1v) is 10.1. The summed E-state index contributed by atoms with van der Waals surface area (Å²) in [5.41, 5.74) is 7.87. The zero-order valence-corrected chi connectivity index (χ0v) is 17.3. The molecule has 0 bridgehead atoms. The van der Waals surface area contributed by atoms with Crippen LogP contribution >= 0.6 is 0 Å². The number of nitrogens with two attached hydrogens (primary N) is 1. The minimum absolute atomic E-state index is 0.0296. The number of para-hydroxylation sites is 2. The average molecular weight is 450 g/mol. The number of benzene rings is 2. The van der Waals surface area contributed by atoms with Crippen LogP contribution in [0.4, 0.5) is 14.6 Å². The number of rotatable bonds is 7. The lowest BCUT2D eigenvalue weighted by Crippen LogP contribution is -2.48. The number of H-pyrrole nitrogens is 1. The largest absolute Gasteiger partial charge is 0.384 e. The molecule has 2 amide bonds. The molecule has 0 unspecified atom stereocenters. The van der Waals surface area contributed by atoms with E-state index in [1.807, 2.05) is 0 Å². The summed E-state index contributed by atoms with van der Waals surface area (Å²) < 4.78 is 27.0. The Morgan fingerprint density at radius 1 is 1.03 bits per heavy atom. The summed E-state index contributed by atoms with van der Waals surface area (Å²) in [7, 11) is 0. The van der Waals surface area contributed by atoms with E-state index in [0.29, 0.717) is 28.0 Å². The summed E-state index contributed by atoms with van der Waals surface area (Å²) in [6.07, 6.45) is 1.46. The molecule has 2 aromatic heterocycles. The van der Waals surface area contributed by atoms with E-state index in [4.69, 9.17) is 5.73 Å². The van der Waals surface area contributed by atoms with Gasteiger partial charge >= 0.3 is 0 Å². The van der Waals surface area contributed by atoms with Crippen LogP contribution in [0.15, 0.2) is 60.8 Å². The number of amides is 2. The Labute approximate surface area is 187 Å². The summed E-state index contributed by atoms with van der Waals surface area (Å²) in [5, 5.41) is 5.34. The Hall–Kier alpha value is -4.34. The molecule has 0 saturated heterocycles. The fourth-order valence-electron chi connectivity index (χ4n) is 3.25. The number of fused-ring (bicyclic) bond motifs is 1. The molecule has 0 aliphatic heterocycles. The van der Waals surface area contributed by atoms with E-state index >= 15 is 0 Å². The zero-order valence-electron chi connectivity index (χ0n) is 17.3. The van der Waals surface area contributed by atoms with E-state index in [9.17, 15) is 18.4 Å². The number of halogens is 2. The summed E-state index contributed by atoms with van der Waals surface area (Å²) in [6.45, 7) is 0.140. The third-order valence-corrected chi connectivity index (χ3v) is 4.96. The predicted molar refractivity (Wildman–Crippen MR) is 118 cm³/mol. The average Bonchev–Trinajstić information content (AvgIpc) is 3.25. The Balaban J connectivity index is 1.52. The quantitative estimate of drug-likeness (QED) is 0.344. The minimum atomic E-state index is -1.07. The van der Waals surface area contributed by atoms with Gasteiger partial charge in [-0.2, -0.15) is 0 Å². The Bertz CT molecular complexity index is 1270. The summed E-state index contributed by atoms with van der Waals surface area (Å²) in [5.74, 6) is -2.78. The number of pyridine rings is 1. The highest BCUT2D eigenvalue weighted by Gasteiger charge is 2.24. The number of carbonyl (C=O) groups excluding carboxylic acids is 2. The standard InChI is InChI=1S/C23H20F2N6O2/c24-15-7-5-13(9-16(15)25)10-19(22(32)28-12-14-6-8-20(26)27-11-14)31-23(33)21-29-17-3-1-2-4-18(17)30-21/h1-9,11,19H,10,12H2,(H2,26,27)(H,28,32)(H,29,30)(H,31,33)/t19-/m0/s1. The molecule has 4 rings (SSSR count). The fourth-order valence-corrected chi connectivity index (χ4v) is 3.25. The van der Waals surface area contributed by atoms with Gasteiger partial charge < -0.3 is 21.4 Å². The lowest BCUT2D eigenvalue weighted by atomic mass is 10.0. The lowest BCUT2D eigenvalue weighted by Gasteiger charge is -2.18. The van der Waals surface area contributed by atoms with Crippen LogP contribution in [0.25, 0.3) is 11.0 Å². The molecule has 0 aliphatic rings. The molecular weight excluding hydrogens is 430 g/mol. The number of anilines is 1. The number of nitrogens with one attached hydrogen (secondary N) is 3. The van der Waals surface area contributed by atoms with Crippen molar-refractivity contribution in [2.75, 3.05) is 5.73 Å². The molecule has 5 N–H and O–H groups in total. The van der Waals surface area contributed by atoms with Crippen LogP contribution in [0.3, 0.4) is 0 Å². The molecule has 2 heterocycles. The first-order valence-electron chi connectivity index (χ1n) is 10.1. The molecule has 0 radical (unpaired) electrons. The fraction of sp³-hybridized carbons (Fsp3) is 0.130. The van der Waals surface area contributed by atoms with Gasteiger partial charge in [-0.25, -0.2) is 18.7 Å². The van der Waals surface area contributed by atoms with E-state index in [-0.39, 0.29) is 18.8 Å². The van der Waals surface area contributed by atoms with E-state index in [1.54, 1.807) is 36.4 Å². The van der Waals surface area contributed by atoms with Crippen LogP contribution < -0.4 is 16.4 Å². The maximum atomic E-state index is 13.7. The summed E-state index contributed by atoms with van der Waals surface area (Å²) in [6, 6.07) is 12.7. The molecule has 4 aromatic rings. The van der Waals surface area contributed by atoms with E-state index in [0.717, 1.165) is 12.1 Å². The third kappa shape index (κ3) is 5.29. The number of hydrogen-bond acceptors (Lipinski definition) is 5. The van der Waals surface area contributed by atoms with Crippen molar-refractivity contribution in [3.8, 4) is 0 Å². The normalized spacial score (nSPS) is 11.8. The molecule has 10 heteroatoms. The van der Waals surface area contributed by atoms with Crippen molar-refractivity contribution in [1.29, 1.82) is 0 Å². The maximum absolute atomic E-state index is 13.7. The van der Waals surface area contributed by atoms with Crippen molar-refractivity contribution in [2.24, 2.45) is 0 Å². The number of imidazole rings is 1. The molecular formula is C23H20F2N6O2. The number of hydrogen-bond donors (Lipinski definition) is 4. The second-order valence-corrected chi connectivity index (χ2v) is 7.39. The predicted octanol–water partition coefficient (Wildman–Crippen LogP) is 2.48. The molecule has 168 valence electrons. The van der Waals surface area contributed by atoms with Gasteiger partial charge in [-0.3, -0.25) is 9.59 Å². The summed E-state index contributed by atoms with van der Waals surface area (Å²) >= 11 is 0. The Morgan fingerprint density at radius 3 is 2.55 bits per heavy atom. The molecule has 2 aromatic carbocycles. The smallest absolute Gasteiger partial charge is 0.287 e. The number of nitrogen functional groups attached to an aromatic ring is 1. The number of aromatic amines is 1. The first-order chi connectivity index (χ1) is 15.9. The monoisotopic (exact) mass is 450 g/mol. The highest BCUT2D eigenvalue weighted by atomic mass is 19.2. The van der Waals surface area contributed by atoms with E-state index in [2.05, 4.69) is 25.6 Å². The lowest BCUT2D eigenvalue weighted by molar-refractivity contribution is -0.123. The van der Waals surface area contributed by atoms with Crippen molar-refractivity contribution in [2.45, 2.75) is 19.0 Å². The van der Waals surface area contributed by atoms with Crippen molar-refractivity contribution in [3.05, 3.63) is 89.4 Å². The highest BCUT2D eigenvalue weighted by Crippen LogP contribution is 2.13. The molecule has 0 fully saturated rings. The van der Waals surface area contributed by atoms with Crippen LogP contribution in [0.5, 0.6) is 0 Å². The number of carbonyl (C=O) groups is 2. The van der Waals surface area contributed by atoms with E-state index in [1.165, 1.54) is 12.3 Å². The zero-order chi connectivity index (χ0) is 23.4. The van der Waals surface area contributed by atoms with Gasteiger partial charge in [0.15, 0.2) is 17.5 Å². The second kappa shape index (κ2) is 9.43. The third-order valence-electron chi connectivity index (χ3n) is 4.96. The van der Waals surface area contributed by atoms with Crippen molar-refractivity contribution in [1.82, 2.24) is 25.6 Å². The SMILES string of the molecule is Nc1ccc(CNC(=O)[C@H](Cc2ccc(F)c(F)c2)NC(=O)c2nc3ccccc3[nH]2)cn1. The van der Waals surface area contributed by atoms with Gasteiger partial charge in [0.05, 0.1) is 11.0 Å². The highest BCUT2D eigenvalue weighted by molar-refractivity contribution is 5.97. The van der Waals surface area contributed by atoms with Gasteiger partial charge in [0.25, 0.3) is 5.91 Å². The maximum Gasteiger partial charge on any atom is 0.287 e. The Kier molecular flexibility index (Phi) is 6.25. The molecule has 0 saturated carbocycles. The van der Waals surface area contributed by atoms with Crippen LogP contribution in [0, 0.1) is 11.6 Å². The van der Waals surface area contributed by atoms with Crippen LogP contribution in [-0.4, -0.2) is 32.8 Å².